The largest absolute Gasteiger partial charge is 0.463 e. The zero-order valence-electron chi connectivity index (χ0n) is 8.13. The number of halogens is 1. The van der Waals surface area contributed by atoms with Gasteiger partial charge in [-0.15, -0.1) is 0 Å². The number of rotatable bonds is 3. The van der Waals surface area contributed by atoms with Crippen LogP contribution in [0, 0.1) is 11.8 Å². The topological polar surface area (TPSA) is 26.3 Å². The molecule has 0 aromatic carbocycles. The minimum Gasteiger partial charge on any atom is -0.463 e. The molecule has 2 nitrogen and oxygen atoms in total. The van der Waals surface area contributed by atoms with Crippen LogP contribution in [0.25, 0.3) is 0 Å². The van der Waals surface area contributed by atoms with Crippen LogP contribution in [0.1, 0.15) is 19.8 Å². The zero-order chi connectivity index (χ0) is 10.1. The van der Waals surface area contributed by atoms with Crippen molar-refractivity contribution in [2.75, 3.05) is 6.61 Å². The molecule has 1 fully saturated rings. The van der Waals surface area contributed by atoms with Crippen molar-refractivity contribution in [3.8, 4) is 0 Å². The van der Waals surface area contributed by atoms with Crippen LogP contribution in [-0.2, 0) is 9.53 Å². The van der Waals surface area contributed by atoms with Crippen molar-refractivity contribution in [3.05, 3.63) is 22.8 Å². The minimum atomic E-state index is -0.284. The number of fused-ring (bicyclic) bond motifs is 1. The number of allylic oxidation sites excluding steroid dienone is 3. The van der Waals surface area contributed by atoms with Gasteiger partial charge in [0.2, 0.25) is 0 Å². The van der Waals surface area contributed by atoms with Crippen LogP contribution in [-0.4, -0.2) is 12.6 Å². The molecule has 3 heteroatoms. The lowest BCUT2D eigenvalue weighted by Crippen LogP contribution is -1.99. The van der Waals surface area contributed by atoms with Crippen LogP contribution in [0.2, 0.25) is 0 Å². The summed E-state index contributed by atoms with van der Waals surface area (Å²) < 4.78 is 4.79. The standard InChI is InChI=1S/C11H13ClO2/c1-2-14-11(13)4-3-8-9-5-7(9)6-10(8)12/h3-4,7,9H,2,5-6H2,1H3/b4-3+/t7-,9?/m0/s1. The van der Waals surface area contributed by atoms with Gasteiger partial charge in [0.25, 0.3) is 0 Å². The molecule has 1 saturated carbocycles. The predicted molar refractivity (Wildman–Crippen MR) is 54.9 cm³/mol. The van der Waals surface area contributed by atoms with Crippen LogP contribution in [0.4, 0.5) is 0 Å². The van der Waals surface area contributed by atoms with E-state index < -0.39 is 0 Å². The highest BCUT2D eigenvalue weighted by molar-refractivity contribution is 6.30. The summed E-state index contributed by atoms with van der Waals surface area (Å²) in [5.74, 6) is 1.09. The molecule has 0 spiro atoms. The Balaban J connectivity index is 1.96. The van der Waals surface area contributed by atoms with Crippen molar-refractivity contribution in [2.24, 2.45) is 11.8 Å². The third-order valence-corrected chi connectivity index (χ3v) is 3.13. The molecule has 2 aliphatic carbocycles. The summed E-state index contributed by atoms with van der Waals surface area (Å²) in [5, 5.41) is 0.923. The van der Waals surface area contributed by atoms with Gasteiger partial charge in [-0.3, -0.25) is 0 Å². The van der Waals surface area contributed by atoms with Gasteiger partial charge in [-0.05, 0) is 37.2 Å². The molecular formula is C11H13ClO2. The van der Waals surface area contributed by atoms with Crippen molar-refractivity contribution < 1.29 is 9.53 Å². The monoisotopic (exact) mass is 212 g/mol. The normalized spacial score (nSPS) is 29.6. The molecule has 0 saturated heterocycles. The Morgan fingerprint density at radius 1 is 1.71 bits per heavy atom. The van der Waals surface area contributed by atoms with Gasteiger partial charge in [-0.25, -0.2) is 4.79 Å². The van der Waals surface area contributed by atoms with E-state index in [9.17, 15) is 4.79 Å². The van der Waals surface area contributed by atoms with E-state index in [1.807, 2.05) is 6.08 Å². The fraction of sp³-hybridized carbons (Fsp3) is 0.545. The van der Waals surface area contributed by atoms with Gasteiger partial charge in [0.15, 0.2) is 0 Å². The Hall–Kier alpha value is -0.760. The molecule has 0 aromatic heterocycles. The Morgan fingerprint density at radius 3 is 3.07 bits per heavy atom. The summed E-state index contributed by atoms with van der Waals surface area (Å²) >= 11 is 6.04. The first kappa shape index (κ1) is 9.78. The van der Waals surface area contributed by atoms with E-state index in [2.05, 4.69) is 0 Å². The van der Waals surface area contributed by atoms with Crippen molar-refractivity contribution >= 4 is 17.6 Å². The van der Waals surface area contributed by atoms with Gasteiger partial charge in [0.05, 0.1) is 6.61 Å². The van der Waals surface area contributed by atoms with Crippen LogP contribution in [0.3, 0.4) is 0 Å². The maximum atomic E-state index is 11.1. The van der Waals surface area contributed by atoms with E-state index in [1.165, 1.54) is 12.5 Å². The van der Waals surface area contributed by atoms with E-state index in [4.69, 9.17) is 16.3 Å². The van der Waals surface area contributed by atoms with Crippen molar-refractivity contribution in [2.45, 2.75) is 19.8 Å². The molecule has 1 unspecified atom stereocenters. The molecule has 14 heavy (non-hydrogen) atoms. The predicted octanol–water partition coefficient (Wildman–Crippen LogP) is 2.64. The highest BCUT2D eigenvalue weighted by atomic mass is 35.5. The summed E-state index contributed by atoms with van der Waals surface area (Å²) in [7, 11) is 0. The Kier molecular flexibility index (Phi) is 2.64. The van der Waals surface area contributed by atoms with Gasteiger partial charge < -0.3 is 4.74 Å². The summed E-state index contributed by atoms with van der Waals surface area (Å²) in [6.45, 7) is 2.21. The second kappa shape index (κ2) is 3.77. The zero-order valence-corrected chi connectivity index (χ0v) is 8.88. The molecule has 76 valence electrons. The molecule has 0 bridgehead atoms. The first-order chi connectivity index (χ1) is 6.72. The molecular weight excluding hydrogens is 200 g/mol. The summed E-state index contributed by atoms with van der Waals surface area (Å²) in [5.41, 5.74) is 1.14. The SMILES string of the molecule is CCOC(=O)/C=C/C1=C(Cl)C[C@@H]2CC12. The van der Waals surface area contributed by atoms with Crippen molar-refractivity contribution in [1.82, 2.24) is 0 Å². The first-order valence-electron chi connectivity index (χ1n) is 4.95. The van der Waals surface area contributed by atoms with E-state index in [0.29, 0.717) is 12.5 Å². The fourth-order valence-corrected chi connectivity index (χ4v) is 2.37. The van der Waals surface area contributed by atoms with Gasteiger partial charge in [-0.1, -0.05) is 17.7 Å². The van der Waals surface area contributed by atoms with Gasteiger partial charge in [0.1, 0.15) is 0 Å². The maximum absolute atomic E-state index is 11.1. The number of ether oxygens (including phenoxy) is 1. The summed E-state index contributed by atoms with van der Waals surface area (Å²) in [4.78, 5) is 11.1. The highest BCUT2D eigenvalue weighted by Gasteiger charge is 2.45. The smallest absolute Gasteiger partial charge is 0.330 e. The van der Waals surface area contributed by atoms with Crippen molar-refractivity contribution in [3.63, 3.8) is 0 Å². The summed E-state index contributed by atoms with van der Waals surface area (Å²) in [6, 6.07) is 0. The lowest BCUT2D eigenvalue weighted by Gasteiger charge is -1.98. The molecule has 2 aliphatic rings. The molecule has 2 atom stereocenters. The van der Waals surface area contributed by atoms with Crippen LogP contribution >= 0.6 is 11.6 Å². The molecule has 0 N–H and O–H groups in total. The minimum absolute atomic E-state index is 0.284. The summed E-state index contributed by atoms with van der Waals surface area (Å²) in [6.07, 6.45) is 5.52. The molecule has 0 heterocycles. The van der Waals surface area contributed by atoms with Crippen LogP contribution in [0.15, 0.2) is 22.8 Å². The Labute approximate surface area is 88.6 Å². The molecule has 0 aliphatic heterocycles. The molecule has 0 radical (unpaired) electrons. The third-order valence-electron chi connectivity index (χ3n) is 2.76. The van der Waals surface area contributed by atoms with E-state index in [0.717, 1.165) is 22.9 Å². The first-order valence-corrected chi connectivity index (χ1v) is 5.33. The average Bonchev–Trinajstić information content (AvgIpc) is 2.79. The van der Waals surface area contributed by atoms with Crippen LogP contribution < -0.4 is 0 Å². The fourth-order valence-electron chi connectivity index (χ4n) is 1.97. The number of hydrogen-bond donors (Lipinski definition) is 0. The number of esters is 1. The lowest BCUT2D eigenvalue weighted by molar-refractivity contribution is -0.137. The molecule has 0 aromatic rings. The second-order valence-corrected chi connectivity index (χ2v) is 4.21. The number of carbonyl (C=O) groups excluding carboxylic acids is 1. The van der Waals surface area contributed by atoms with Gasteiger partial charge in [-0.2, -0.15) is 0 Å². The van der Waals surface area contributed by atoms with Crippen LogP contribution in [0.5, 0.6) is 0 Å². The molecule has 0 amide bonds. The molecule has 2 rings (SSSR count). The van der Waals surface area contributed by atoms with Crippen molar-refractivity contribution in [1.29, 1.82) is 0 Å². The number of carbonyl (C=O) groups is 1. The second-order valence-electron chi connectivity index (χ2n) is 3.75. The van der Waals surface area contributed by atoms with Gasteiger partial charge >= 0.3 is 5.97 Å². The van der Waals surface area contributed by atoms with E-state index >= 15 is 0 Å². The third kappa shape index (κ3) is 1.85. The van der Waals surface area contributed by atoms with E-state index in [1.54, 1.807) is 6.92 Å². The quantitative estimate of drug-likeness (QED) is 0.531. The number of hydrogen-bond acceptors (Lipinski definition) is 2. The lowest BCUT2D eigenvalue weighted by atomic mass is 10.2. The maximum Gasteiger partial charge on any atom is 0.330 e. The highest BCUT2D eigenvalue weighted by Crippen LogP contribution is 2.56. The van der Waals surface area contributed by atoms with Gasteiger partial charge in [0, 0.05) is 11.1 Å². The Bertz CT molecular complexity index is 317. The van der Waals surface area contributed by atoms with E-state index in [-0.39, 0.29) is 5.97 Å². The average molecular weight is 213 g/mol. The Morgan fingerprint density at radius 2 is 2.50 bits per heavy atom.